The minimum atomic E-state index is -4.65. The van der Waals surface area contributed by atoms with Crippen molar-refractivity contribution < 1.29 is 27.4 Å². The predicted molar refractivity (Wildman–Crippen MR) is 109 cm³/mol. The molecule has 2 aromatic rings. The van der Waals surface area contributed by atoms with E-state index in [1.807, 2.05) is 4.90 Å². The largest absolute Gasteiger partial charge is 0.472 e. The van der Waals surface area contributed by atoms with Gasteiger partial charge in [0, 0.05) is 50.8 Å². The molecule has 12 heteroatoms. The van der Waals surface area contributed by atoms with Crippen LogP contribution < -0.4 is 15.4 Å². The molecule has 0 bridgehead atoms. The van der Waals surface area contributed by atoms with Crippen molar-refractivity contribution in [3.63, 3.8) is 0 Å². The summed E-state index contributed by atoms with van der Waals surface area (Å²) in [7, 11) is 0. The molecule has 0 aromatic carbocycles. The monoisotopic (exact) mass is 452 g/mol. The summed E-state index contributed by atoms with van der Waals surface area (Å²) in [4.78, 5) is 27.7. The molecule has 2 saturated heterocycles. The van der Waals surface area contributed by atoms with E-state index in [0.717, 1.165) is 12.3 Å². The van der Waals surface area contributed by atoms with Gasteiger partial charge in [0.25, 0.3) is 0 Å². The summed E-state index contributed by atoms with van der Waals surface area (Å²) < 4.78 is 52.4. The number of anilines is 2. The fourth-order valence-corrected chi connectivity index (χ4v) is 3.71. The van der Waals surface area contributed by atoms with Crippen LogP contribution in [0.3, 0.4) is 0 Å². The third-order valence-electron chi connectivity index (χ3n) is 5.37. The van der Waals surface area contributed by atoms with Gasteiger partial charge in [0.1, 0.15) is 11.9 Å². The molecule has 32 heavy (non-hydrogen) atoms. The quantitative estimate of drug-likeness (QED) is 0.751. The van der Waals surface area contributed by atoms with Crippen molar-refractivity contribution >= 4 is 17.7 Å². The van der Waals surface area contributed by atoms with Crippen LogP contribution in [0.2, 0.25) is 0 Å². The molecule has 1 amide bonds. The highest BCUT2D eigenvalue weighted by atomic mass is 19.4. The van der Waals surface area contributed by atoms with Crippen molar-refractivity contribution in [3.05, 3.63) is 23.9 Å². The smallest absolute Gasteiger partial charge is 0.417 e. The SMILES string of the molecule is CC(=O)N1CCC(Oc2cc(-c3cnc(N)cc3C(F)(F)F)nc(N3CCOCC3)n2)C1. The van der Waals surface area contributed by atoms with E-state index in [2.05, 4.69) is 15.0 Å². The molecule has 0 radical (unpaired) electrons. The lowest BCUT2D eigenvalue weighted by Crippen LogP contribution is -2.37. The Balaban J connectivity index is 1.72. The number of nitrogens with two attached hydrogens (primary N) is 1. The van der Waals surface area contributed by atoms with Crippen molar-refractivity contribution in [2.75, 3.05) is 50.0 Å². The van der Waals surface area contributed by atoms with Crippen molar-refractivity contribution in [2.24, 2.45) is 0 Å². The van der Waals surface area contributed by atoms with E-state index >= 15 is 0 Å². The molecule has 2 fully saturated rings. The number of carbonyl (C=O) groups excluding carboxylic acids is 1. The fraction of sp³-hybridized carbons (Fsp3) is 0.500. The number of hydrogen-bond acceptors (Lipinski definition) is 8. The summed E-state index contributed by atoms with van der Waals surface area (Å²) in [5, 5.41) is 0. The molecule has 2 aliphatic rings. The number of morpholine rings is 1. The van der Waals surface area contributed by atoms with Gasteiger partial charge in [-0.1, -0.05) is 0 Å². The second-order valence-electron chi connectivity index (χ2n) is 7.64. The second-order valence-corrected chi connectivity index (χ2v) is 7.64. The Morgan fingerprint density at radius 2 is 1.97 bits per heavy atom. The fourth-order valence-electron chi connectivity index (χ4n) is 3.71. The molecule has 0 saturated carbocycles. The maximum Gasteiger partial charge on any atom is 0.417 e. The summed E-state index contributed by atoms with van der Waals surface area (Å²) in [6.07, 6.45) is -3.31. The third kappa shape index (κ3) is 4.85. The van der Waals surface area contributed by atoms with E-state index in [1.54, 1.807) is 4.90 Å². The van der Waals surface area contributed by atoms with Gasteiger partial charge in [0.05, 0.1) is 31.0 Å². The summed E-state index contributed by atoms with van der Waals surface area (Å²) in [5.41, 5.74) is 4.37. The predicted octanol–water partition coefficient (Wildman–Crippen LogP) is 1.98. The number of hydrogen-bond donors (Lipinski definition) is 1. The average molecular weight is 452 g/mol. The first-order valence-electron chi connectivity index (χ1n) is 10.2. The first kappa shape index (κ1) is 22.1. The maximum atomic E-state index is 13.7. The van der Waals surface area contributed by atoms with Crippen LogP contribution >= 0.6 is 0 Å². The summed E-state index contributed by atoms with van der Waals surface area (Å²) in [6.45, 7) is 4.32. The zero-order chi connectivity index (χ0) is 22.9. The highest BCUT2D eigenvalue weighted by molar-refractivity contribution is 5.73. The summed E-state index contributed by atoms with van der Waals surface area (Å²) in [6, 6.07) is 2.15. The Hall–Kier alpha value is -3.15. The van der Waals surface area contributed by atoms with E-state index in [1.165, 1.54) is 13.0 Å². The standard InChI is InChI=1S/C20H23F3N6O3/c1-12(30)29-3-2-13(11-29)32-18-9-16(26-19(27-18)28-4-6-31-7-5-28)14-10-25-17(24)8-15(14)20(21,22)23/h8-10,13H,2-7,11H2,1H3,(H2,24,25). The lowest BCUT2D eigenvalue weighted by atomic mass is 10.1. The third-order valence-corrected chi connectivity index (χ3v) is 5.37. The molecule has 2 aliphatic heterocycles. The molecule has 0 spiro atoms. The normalized spacial score (nSPS) is 19.3. The molecule has 0 aliphatic carbocycles. The lowest BCUT2D eigenvalue weighted by Gasteiger charge is -2.27. The van der Waals surface area contributed by atoms with Crippen molar-refractivity contribution in [2.45, 2.75) is 25.6 Å². The van der Waals surface area contributed by atoms with E-state index in [0.29, 0.717) is 45.8 Å². The van der Waals surface area contributed by atoms with Crippen molar-refractivity contribution in [1.29, 1.82) is 0 Å². The van der Waals surface area contributed by atoms with Gasteiger partial charge in [0.15, 0.2) is 0 Å². The number of likely N-dealkylation sites (tertiary alicyclic amines) is 1. The number of aromatic nitrogens is 3. The average Bonchev–Trinajstić information content (AvgIpc) is 3.22. The minimum Gasteiger partial charge on any atom is -0.472 e. The molecular formula is C20H23F3N6O3. The molecule has 172 valence electrons. The Kier molecular flexibility index (Phi) is 6.04. The van der Waals surface area contributed by atoms with Crippen LogP contribution in [0.15, 0.2) is 18.3 Å². The van der Waals surface area contributed by atoms with Crippen LogP contribution in [0.5, 0.6) is 5.88 Å². The molecular weight excluding hydrogens is 429 g/mol. The van der Waals surface area contributed by atoms with Gasteiger partial charge >= 0.3 is 6.18 Å². The lowest BCUT2D eigenvalue weighted by molar-refractivity contribution is -0.137. The van der Waals surface area contributed by atoms with Crippen LogP contribution in [-0.4, -0.2) is 71.3 Å². The number of amides is 1. The van der Waals surface area contributed by atoms with Crippen molar-refractivity contribution in [3.8, 4) is 17.1 Å². The van der Waals surface area contributed by atoms with Gasteiger partial charge in [-0.2, -0.15) is 18.2 Å². The minimum absolute atomic E-state index is 0.0257. The van der Waals surface area contributed by atoms with Gasteiger partial charge in [-0.05, 0) is 6.07 Å². The highest BCUT2D eigenvalue weighted by Gasteiger charge is 2.35. The Morgan fingerprint density at radius 1 is 1.22 bits per heavy atom. The van der Waals surface area contributed by atoms with Crippen LogP contribution in [0, 0.1) is 0 Å². The molecule has 9 nitrogen and oxygen atoms in total. The first-order valence-corrected chi connectivity index (χ1v) is 10.2. The maximum absolute atomic E-state index is 13.7. The van der Waals surface area contributed by atoms with Gasteiger partial charge in [-0.15, -0.1) is 0 Å². The Morgan fingerprint density at radius 3 is 2.62 bits per heavy atom. The van der Waals surface area contributed by atoms with Crippen LogP contribution in [-0.2, 0) is 15.7 Å². The number of nitrogen functional groups attached to an aromatic ring is 1. The van der Waals surface area contributed by atoms with Gasteiger partial charge in [0.2, 0.25) is 17.7 Å². The number of halogens is 3. The van der Waals surface area contributed by atoms with Crippen LogP contribution in [0.25, 0.3) is 11.3 Å². The number of nitrogens with zero attached hydrogens (tertiary/aromatic N) is 5. The van der Waals surface area contributed by atoms with Gasteiger partial charge in [-0.3, -0.25) is 4.79 Å². The van der Waals surface area contributed by atoms with Crippen LogP contribution in [0.1, 0.15) is 18.9 Å². The Labute approximate surface area is 182 Å². The van der Waals surface area contributed by atoms with Gasteiger partial charge in [-0.25, -0.2) is 9.97 Å². The van der Waals surface area contributed by atoms with E-state index in [9.17, 15) is 18.0 Å². The second kappa shape index (κ2) is 8.77. The topological polar surface area (TPSA) is 107 Å². The zero-order valence-corrected chi connectivity index (χ0v) is 17.4. The molecule has 1 atom stereocenters. The highest BCUT2D eigenvalue weighted by Crippen LogP contribution is 2.38. The van der Waals surface area contributed by atoms with Crippen LogP contribution in [0.4, 0.5) is 24.9 Å². The van der Waals surface area contributed by atoms with E-state index in [4.69, 9.17) is 15.2 Å². The molecule has 4 rings (SSSR count). The molecule has 2 N–H and O–H groups in total. The Bertz CT molecular complexity index is 997. The number of ether oxygens (including phenoxy) is 2. The van der Waals surface area contributed by atoms with Crippen molar-refractivity contribution in [1.82, 2.24) is 19.9 Å². The number of rotatable bonds is 4. The van der Waals surface area contributed by atoms with E-state index in [-0.39, 0.29) is 40.9 Å². The zero-order valence-electron chi connectivity index (χ0n) is 17.4. The summed E-state index contributed by atoms with van der Waals surface area (Å²) >= 11 is 0. The molecule has 1 unspecified atom stereocenters. The number of pyridine rings is 1. The molecule has 2 aromatic heterocycles. The van der Waals surface area contributed by atoms with E-state index < -0.39 is 11.7 Å². The summed E-state index contributed by atoms with van der Waals surface area (Å²) in [5.74, 6) is 0.0792. The number of carbonyl (C=O) groups is 1. The first-order chi connectivity index (χ1) is 15.2. The molecule has 4 heterocycles. The van der Waals surface area contributed by atoms with Gasteiger partial charge < -0.3 is 25.0 Å². The number of alkyl halides is 3.